The standard InChI is InChI=1S/C15H17IN2/c1-10-7-11(2)9-12(8-10)15(18-17)13-5-3-4-6-14(13)16/h3-9,15,18H,17H2,1-2H3. The number of halogens is 1. The van der Waals surface area contributed by atoms with Gasteiger partial charge in [0.05, 0.1) is 6.04 Å². The van der Waals surface area contributed by atoms with E-state index in [2.05, 4.69) is 72.2 Å². The van der Waals surface area contributed by atoms with Crippen LogP contribution >= 0.6 is 22.6 Å². The molecule has 0 aliphatic rings. The normalized spacial score (nSPS) is 12.4. The minimum absolute atomic E-state index is 0.0386. The Hall–Kier alpha value is -0.910. The molecule has 0 saturated heterocycles. The fourth-order valence-electron chi connectivity index (χ4n) is 2.25. The molecule has 0 fully saturated rings. The van der Waals surface area contributed by atoms with E-state index in [0.717, 1.165) is 0 Å². The van der Waals surface area contributed by atoms with Gasteiger partial charge in [0.25, 0.3) is 0 Å². The monoisotopic (exact) mass is 352 g/mol. The van der Waals surface area contributed by atoms with Gasteiger partial charge in [-0.15, -0.1) is 0 Å². The quantitative estimate of drug-likeness (QED) is 0.504. The maximum absolute atomic E-state index is 5.75. The molecule has 1 unspecified atom stereocenters. The van der Waals surface area contributed by atoms with Crippen molar-refractivity contribution in [2.75, 3.05) is 0 Å². The SMILES string of the molecule is Cc1cc(C)cc(C(NN)c2ccccc2I)c1. The Labute approximate surface area is 122 Å². The first kappa shape index (κ1) is 13.5. The topological polar surface area (TPSA) is 38.0 Å². The second kappa shape index (κ2) is 5.82. The molecular weight excluding hydrogens is 335 g/mol. The summed E-state index contributed by atoms with van der Waals surface area (Å²) >= 11 is 2.35. The van der Waals surface area contributed by atoms with Gasteiger partial charge in [0.15, 0.2) is 0 Å². The molecule has 0 heterocycles. The smallest absolute Gasteiger partial charge is 0.0720 e. The first-order chi connectivity index (χ1) is 8.61. The average molecular weight is 352 g/mol. The Bertz CT molecular complexity index is 532. The number of hydrogen-bond donors (Lipinski definition) is 2. The van der Waals surface area contributed by atoms with Crippen LogP contribution in [0, 0.1) is 17.4 Å². The van der Waals surface area contributed by atoms with Gasteiger partial charge in [0, 0.05) is 3.57 Å². The van der Waals surface area contributed by atoms with Crippen molar-refractivity contribution in [3.05, 3.63) is 68.3 Å². The summed E-state index contributed by atoms with van der Waals surface area (Å²) in [6, 6.07) is 14.9. The van der Waals surface area contributed by atoms with Crippen molar-refractivity contribution in [1.82, 2.24) is 5.43 Å². The van der Waals surface area contributed by atoms with E-state index in [1.807, 2.05) is 12.1 Å². The van der Waals surface area contributed by atoms with E-state index in [1.54, 1.807) is 0 Å². The summed E-state index contributed by atoms with van der Waals surface area (Å²) < 4.78 is 1.22. The minimum atomic E-state index is 0.0386. The Morgan fingerprint density at radius 2 is 1.67 bits per heavy atom. The molecule has 2 nitrogen and oxygen atoms in total. The number of nitrogens with two attached hydrogens (primary N) is 1. The second-order valence-electron chi connectivity index (χ2n) is 4.54. The second-order valence-corrected chi connectivity index (χ2v) is 5.70. The van der Waals surface area contributed by atoms with E-state index >= 15 is 0 Å². The van der Waals surface area contributed by atoms with Crippen LogP contribution in [-0.2, 0) is 0 Å². The maximum Gasteiger partial charge on any atom is 0.0720 e. The Morgan fingerprint density at radius 3 is 2.22 bits per heavy atom. The molecule has 0 aromatic heterocycles. The molecule has 18 heavy (non-hydrogen) atoms. The number of nitrogens with one attached hydrogen (secondary N) is 1. The lowest BCUT2D eigenvalue weighted by Gasteiger charge is -2.19. The summed E-state index contributed by atoms with van der Waals surface area (Å²) in [5.74, 6) is 5.75. The van der Waals surface area contributed by atoms with Gasteiger partial charge in [-0.25, -0.2) is 5.43 Å². The van der Waals surface area contributed by atoms with E-state index in [1.165, 1.54) is 25.8 Å². The van der Waals surface area contributed by atoms with E-state index in [9.17, 15) is 0 Å². The lowest BCUT2D eigenvalue weighted by molar-refractivity contribution is 0.633. The summed E-state index contributed by atoms with van der Waals surface area (Å²) in [4.78, 5) is 0. The van der Waals surface area contributed by atoms with Crippen LogP contribution in [0.4, 0.5) is 0 Å². The summed E-state index contributed by atoms with van der Waals surface area (Å²) in [5.41, 5.74) is 7.87. The fraction of sp³-hybridized carbons (Fsp3) is 0.200. The highest BCUT2D eigenvalue weighted by Gasteiger charge is 2.15. The molecule has 0 radical (unpaired) electrons. The number of aryl methyl sites for hydroxylation is 2. The van der Waals surface area contributed by atoms with Crippen LogP contribution in [0.3, 0.4) is 0 Å². The summed E-state index contributed by atoms with van der Waals surface area (Å²) in [7, 11) is 0. The van der Waals surface area contributed by atoms with Gasteiger partial charge in [-0.2, -0.15) is 0 Å². The molecule has 94 valence electrons. The zero-order valence-electron chi connectivity index (χ0n) is 10.6. The predicted molar refractivity (Wildman–Crippen MR) is 84.2 cm³/mol. The van der Waals surface area contributed by atoms with Crippen LogP contribution < -0.4 is 11.3 Å². The van der Waals surface area contributed by atoms with Crippen LogP contribution in [0.25, 0.3) is 0 Å². The van der Waals surface area contributed by atoms with Crippen molar-refractivity contribution in [2.24, 2.45) is 5.84 Å². The molecule has 0 saturated carbocycles. The Balaban J connectivity index is 2.48. The third kappa shape index (κ3) is 2.91. The van der Waals surface area contributed by atoms with Crippen molar-refractivity contribution < 1.29 is 0 Å². The lowest BCUT2D eigenvalue weighted by atomic mass is 9.96. The third-order valence-corrected chi connectivity index (χ3v) is 3.94. The Kier molecular flexibility index (Phi) is 4.37. The molecule has 1 atom stereocenters. The summed E-state index contributed by atoms with van der Waals surface area (Å²) in [5, 5.41) is 0. The Morgan fingerprint density at radius 1 is 1.06 bits per heavy atom. The molecule has 2 aromatic rings. The minimum Gasteiger partial charge on any atom is -0.271 e. The first-order valence-corrected chi connectivity index (χ1v) is 6.98. The number of benzene rings is 2. The average Bonchev–Trinajstić information content (AvgIpc) is 2.31. The van der Waals surface area contributed by atoms with Gasteiger partial charge in [-0.3, -0.25) is 5.84 Å². The van der Waals surface area contributed by atoms with Crippen molar-refractivity contribution in [2.45, 2.75) is 19.9 Å². The van der Waals surface area contributed by atoms with Gasteiger partial charge < -0.3 is 0 Å². The largest absolute Gasteiger partial charge is 0.271 e. The zero-order valence-corrected chi connectivity index (χ0v) is 12.7. The van der Waals surface area contributed by atoms with Gasteiger partial charge in [-0.05, 0) is 53.6 Å². The van der Waals surface area contributed by atoms with E-state index in [-0.39, 0.29) is 6.04 Å². The van der Waals surface area contributed by atoms with Gasteiger partial charge >= 0.3 is 0 Å². The van der Waals surface area contributed by atoms with Gasteiger partial charge in [0.1, 0.15) is 0 Å². The lowest BCUT2D eigenvalue weighted by Crippen LogP contribution is -2.29. The number of rotatable bonds is 3. The number of hydrogen-bond acceptors (Lipinski definition) is 2. The van der Waals surface area contributed by atoms with E-state index < -0.39 is 0 Å². The van der Waals surface area contributed by atoms with E-state index in [0.29, 0.717) is 0 Å². The van der Waals surface area contributed by atoms with Crippen LogP contribution in [0.1, 0.15) is 28.3 Å². The molecular formula is C15H17IN2. The van der Waals surface area contributed by atoms with Crippen LogP contribution in [0.15, 0.2) is 42.5 Å². The molecule has 0 bridgehead atoms. The highest BCUT2D eigenvalue weighted by atomic mass is 127. The molecule has 3 N–H and O–H groups in total. The predicted octanol–water partition coefficient (Wildman–Crippen LogP) is 3.46. The van der Waals surface area contributed by atoms with E-state index in [4.69, 9.17) is 5.84 Å². The molecule has 0 spiro atoms. The van der Waals surface area contributed by atoms with Gasteiger partial charge in [0.2, 0.25) is 0 Å². The van der Waals surface area contributed by atoms with Crippen molar-refractivity contribution in [3.8, 4) is 0 Å². The summed E-state index contributed by atoms with van der Waals surface area (Å²) in [6.45, 7) is 4.22. The highest BCUT2D eigenvalue weighted by molar-refractivity contribution is 14.1. The van der Waals surface area contributed by atoms with Crippen LogP contribution in [0.5, 0.6) is 0 Å². The van der Waals surface area contributed by atoms with Gasteiger partial charge in [-0.1, -0.05) is 47.5 Å². The molecule has 3 heteroatoms. The zero-order chi connectivity index (χ0) is 13.1. The molecule has 2 aromatic carbocycles. The van der Waals surface area contributed by atoms with Crippen molar-refractivity contribution in [3.63, 3.8) is 0 Å². The molecule has 0 aliphatic heterocycles. The van der Waals surface area contributed by atoms with Crippen LogP contribution in [0.2, 0.25) is 0 Å². The highest BCUT2D eigenvalue weighted by Crippen LogP contribution is 2.26. The molecule has 0 aliphatic carbocycles. The maximum atomic E-state index is 5.75. The summed E-state index contributed by atoms with van der Waals surface area (Å²) in [6.07, 6.45) is 0. The van der Waals surface area contributed by atoms with Crippen molar-refractivity contribution >= 4 is 22.6 Å². The van der Waals surface area contributed by atoms with Crippen molar-refractivity contribution in [1.29, 1.82) is 0 Å². The number of hydrazine groups is 1. The van der Waals surface area contributed by atoms with Crippen LogP contribution in [-0.4, -0.2) is 0 Å². The third-order valence-electron chi connectivity index (χ3n) is 2.96. The molecule has 0 amide bonds. The molecule has 2 rings (SSSR count). The fourth-order valence-corrected chi connectivity index (χ4v) is 2.95. The first-order valence-electron chi connectivity index (χ1n) is 5.90.